The van der Waals surface area contributed by atoms with Gasteiger partial charge in [0.05, 0.1) is 11.6 Å². The minimum Gasteiger partial charge on any atom is -0.264 e. The molecule has 5 aliphatic carbocycles. The van der Waals surface area contributed by atoms with Gasteiger partial charge in [-0.3, -0.25) is 4.98 Å². The first kappa shape index (κ1) is 25.2. The maximum atomic E-state index is 10.7. The van der Waals surface area contributed by atoms with Gasteiger partial charge in [0.2, 0.25) is 0 Å². The third-order valence-corrected chi connectivity index (χ3v) is 11.4. The summed E-state index contributed by atoms with van der Waals surface area (Å²) in [5, 5.41) is 12.9. The highest BCUT2D eigenvalue weighted by atomic mass is 15.0. The van der Waals surface area contributed by atoms with Crippen LogP contribution in [-0.2, 0) is 5.41 Å². The zero-order valence-corrected chi connectivity index (χ0v) is 24.7. The highest BCUT2D eigenvalue weighted by Crippen LogP contribution is 2.73. The van der Waals surface area contributed by atoms with E-state index < -0.39 is 0 Å². The number of benzene rings is 4. The van der Waals surface area contributed by atoms with E-state index in [1.165, 1.54) is 42.4 Å². The van der Waals surface area contributed by atoms with Crippen molar-refractivity contribution in [3.63, 3.8) is 0 Å². The first-order valence-corrected chi connectivity index (χ1v) is 16.1. The lowest BCUT2D eigenvalue weighted by atomic mass is 9.59. The normalized spacial score (nSPS) is 25.0. The summed E-state index contributed by atoms with van der Waals surface area (Å²) in [4.78, 5) is 20.0. The molecular weight excluding hydrogens is 550 g/mol. The van der Waals surface area contributed by atoms with Crippen LogP contribution in [-0.4, -0.2) is 19.9 Å². The predicted octanol–water partition coefficient (Wildman–Crippen LogP) is 8.62. The Kier molecular flexibility index (Phi) is 5.12. The van der Waals surface area contributed by atoms with Crippen LogP contribution >= 0.6 is 0 Å². The fourth-order valence-electron chi connectivity index (χ4n) is 9.95. The zero-order valence-electron chi connectivity index (χ0n) is 24.7. The van der Waals surface area contributed by atoms with Crippen LogP contribution in [0.15, 0.2) is 103 Å². The lowest BCUT2D eigenvalue weighted by Crippen LogP contribution is -2.40. The van der Waals surface area contributed by atoms with E-state index in [9.17, 15) is 5.26 Å². The van der Waals surface area contributed by atoms with E-state index in [1.807, 2.05) is 42.6 Å². The molecule has 0 aliphatic heterocycles. The number of fused-ring (bicyclic) bond motifs is 4. The molecule has 11 rings (SSSR count). The van der Waals surface area contributed by atoms with Gasteiger partial charge in [-0.15, -0.1) is 0 Å². The van der Waals surface area contributed by atoms with Gasteiger partial charge in [-0.2, -0.15) is 5.26 Å². The van der Waals surface area contributed by atoms with Gasteiger partial charge in [0.25, 0.3) is 0 Å². The summed E-state index contributed by atoms with van der Waals surface area (Å²) < 4.78 is 0. The standard InChI is InChI=1S/C40H29N5/c41-21-28-18-27(20-34-36(28)32-13-14-42-22-35(32)40(34)29-16-23-15-26(19-29)33(40)17-23)38-43-37(25-8-2-1-3-9-25)44-39(45-38)31-12-6-10-24-7-4-5-11-30(24)31/h1-14,18,20,22-23,26,29,33H,15-17,19H2. The van der Waals surface area contributed by atoms with Gasteiger partial charge in [0.15, 0.2) is 17.5 Å². The number of nitrogens with zero attached hydrogens (tertiary/aromatic N) is 5. The summed E-state index contributed by atoms with van der Waals surface area (Å²) in [5.74, 6) is 4.63. The number of pyridine rings is 1. The van der Waals surface area contributed by atoms with E-state index >= 15 is 0 Å². The van der Waals surface area contributed by atoms with Crippen molar-refractivity contribution in [2.75, 3.05) is 0 Å². The molecule has 1 spiro atoms. The third kappa shape index (κ3) is 3.37. The smallest absolute Gasteiger partial charge is 0.164 e. The number of rotatable bonds is 3. The van der Waals surface area contributed by atoms with Gasteiger partial charge in [0.1, 0.15) is 0 Å². The van der Waals surface area contributed by atoms with Crippen LogP contribution in [0.4, 0.5) is 0 Å². The summed E-state index contributed by atoms with van der Waals surface area (Å²) in [6, 6.07) is 33.8. The van der Waals surface area contributed by atoms with E-state index in [2.05, 4.69) is 71.8 Å². The lowest BCUT2D eigenvalue weighted by molar-refractivity contribution is 0.190. The van der Waals surface area contributed by atoms with Crippen molar-refractivity contribution < 1.29 is 0 Å². The summed E-state index contributed by atoms with van der Waals surface area (Å²) >= 11 is 0. The maximum Gasteiger partial charge on any atom is 0.164 e. The number of aromatic nitrogens is 4. The third-order valence-electron chi connectivity index (χ3n) is 11.4. The Morgan fingerprint density at radius 3 is 2.36 bits per heavy atom. The molecule has 0 amide bonds. The first-order valence-electron chi connectivity index (χ1n) is 16.1. The van der Waals surface area contributed by atoms with Crippen molar-refractivity contribution in [1.29, 1.82) is 5.26 Å². The molecule has 4 saturated carbocycles. The highest BCUT2D eigenvalue weighted by molar-refractivity contribution is 5.95. The van der Waals surface area contributed by atoms with Crippen LogP contribution in [0.2, 0.25) is 0 Å². The van der Waals surface area contributed by atoms with Crippen molar-refractivity contribution in [2.24, 2.45) is 23.7 Å². The molecule has 5 nitrogen and oxygen atoms in total. The molecule has 5 atom stereocenters. The van der Waals surface area contributed by atoms with Gasteiger partial charge in [-0.1, -0.05) is 72.8 Å². The minimum atomic E-state index is -0.0913. The van der Waals surface area contributed by atoms with Crippen LogP contribution in [0.5, 0.6) is 0 Å². The Labute approximate surface area is 261 Å². The number of hydrogen-bond acceptors (Lipinski definition) is 5. The fourth-order valence-corrected chi connectivity index (χ4v) is 9.95. The molecule has 4 fully saturated rings. The van der Waals surface area contributed by atoms with E-state index in [0.717, 1.165) is 44.9 Å². The Morgan fingerprint density at radius 1 is 0.689 bits per heavy atom. The van der Waals surface area contributed by atoms with Crippen LogP contribution in [0.1, 0.15) is 42.4 Å². The van der Waals surface area contributed by atoms with Crippen LogP contribution in [0.3, 0.4) is 0 Å². The second-order valence-corrected chi connectivity index (χ2v) is 13.4. The molecule has 5 unspecified atom stereocenters. The van der Waals surface area contributed by atoms with Crippen LogP contribution < -0.4 is 0 Å². The molecule has 2 heterocycles. The van der Waals surface area contributed by atoms with Gasteiger partial charge in [0, 0.05) is 40.1 Å². The number of nitriles is 1. The predicted molar refractivity (Wildman–Crippen MR) is 175 cm³/mol. The summed E-state index contributed by atoms with van der Waals surface area (Å²) in [6.07, 6.45) is 9.16. The van der Waals surface area contributed by atoms with E-state index in [1.54, 1.807) is 0 Å². The van der Waals surface area contributed by atoms with Crippen LogP contribution in [0, 0.1) is 35.0 Å². The highest BCUT2D eigenvalue weighted by Gasteiger charge is 2.66. The van der Waals surface area contributed by atoms with Gasteiger partial charge in [-0.05, 0) is 95.0 Å². The summed E-state index contributed by atoms with van der Waals surface area (Å²) in [6.45, 7) is 0. The van der Waals surface area contributed by atoms with E-state index in [4.69, 9.17) is 15.0 Å². The largest absolute Gasteiger partial charge is 0.264 e. The van der Waals surface area contributed by atoms with Gasteiger partial charge in [-0.25, -0.2) is 15.0 Å². The lowest BCUT2D eigenvalue weighted by Gasteiger charge is -2.43. The molecule has 6 aromatic rings. The average molecular weight is 580 g/mol. The van der Waals surface area contributed by atoms with Crippen LogP contribution in [0.25, 0.3) is 56.1 Å². The molecule has 0 N–H and O–H groups in total. The van der Waals surface area contributed by atoms with Crippen molar-refractivity contribution >= 4 is 10.8 Å². The summed E-state index contributed by atoms with van der Waals surface area (Å²) in [5.41, 5.74) is 8.31. The average Bonchev–Trinajstić information content (AvgIpc) is 3.65. The molecule has 5 aliphatic rings. The minimum absolute atomic E-state index is 0.0913. The number of hydrogen-bond donors (Lipinski definition) is 0. The first-order chi connectivity index (χ1) is 22.2. The molecule has 4 aromatic carbocycles. The Bertz CT molecular complexity index is 2230. The van der Waals surface area contributed by atoms with E-state index in [0.29, 0.717) is 34.9 Å². The molecular formula is C40H29N5. The molecule has 5 heteroatoms. The van der Waals surface area contributed by atoms with E-state index in [-0.39, 0.29) is 5.41 Å². The quantitative estimate of drug-likeness (QED) is 0.210. The Morgan fingerprint density at radius 2 is 1.49 bits per heavy atom. The maximum absolute atomic E-state index is 10.7. The molecule has 2 aromatic heterocycles. The summed E-state index contributed by atoms with van der Waals surface area (Å²) in [7, 11) is 0. The monoisotopic (exact) mass is 579 g/mol. The topological polar surface area (TPSA) is 75.3 Å². The van der Waals surface area contributed by atoms with Gasteiger partial charge < -0.3 is 0 Å². The van der Waals surface area contributed by atoms with Crippen molar-refractivity contribution in [3.8, 4) is 51.4 Å². The molecule has 0 radical (unpaired) electrons. The molecule has 45 heavy (non-hydrogen) atoms. The van der Waals surface area contributed by atoms with Crippen molar-refractivity contribution in [1.82, 2.24) is 19.9 Å². The molecule has 214 valence electrons. The Hall–Kier alpha value is -5.21. The second-order valence-electron chi connectivity index (χ2n) is 13.4. The SMILES string of the molecule is N#Cc1cc(-c2nc(-c3ccccc3)nc(-c3cccc4ccccc34)n2)cc2c1-c1ccncc1C21C2CC3CC(C2)C1C3. The van der Waals surface area contributed by atoms with Crippen molar-refractivity contribution in [2.45, 2.75) is 31.1 Å². The molecule has 4 bridgehead atoms. The van der Waals surface area contributed by atoms with Gasteiger partial charge >= 0.3 is 0 Å². The zero-order chi connectivity index (χ0) is 29.7. The Balaban J connectivity index is 1.24. The van der Waals surface area contributed by atoms with Crippen molar-refractivity contribution in [3.05, 3.63) is 120 Å². The molecule has 0 saturated heterocycles. The second kappa shape index (κ2) is 9.15. The fraction of sp³-hybridized carbons (Fsp3) is 0.225.